The molecule has 0 aromatic heterocycles. The Balaban J connectivity index is 0.000000431. The Morgan fingerprint density at radius 1 is 0.962 bits per heavy atom. The third kappa shape index (κ3) is 5.40. The maximum Gasteiger partial charge on any atom is 0.323 e. The van der Waals surface area contributed by atoms with Gasteiger partial charge in [-0.15, -0.1) is 0 Å². The molecule has 2 aromatic rings. The van der Waals surface area contributed by atoms with Crippen LogP contribution >= 0.6 is 0 Å². The lowest BCUT2D eigenvalue weighted by Gasteiger charge is -2.21. The van der Waals surface area contributed by atoms with Crippen molar-refractivity contribution in [2.45, 2.75) is 24.3 Å². The first kappa shape index (κ1) is 19.6. The lowest BCUT2D eigenvalue weighted by atomic mass is 9.91. The summed E-state index contributed by atoms with van der Waals surface area (Å²) in [5.74, 6) is -1.53. The largest absolute Gasteiger partial charge is 0.480 e. The molecule has 5 N–H and O–H groups in total. The zero-order chi connectivity index (χ0) is 19.0. The summed E-state index contributed by atoms with van der Waals surface area (Å²) in [6.45, 7) is 0.361. The number of nitrogens with one attached hydrogen (secondary N) is 1. The van der Waals surface area contributed by atoms with E-state index in [9.17, 15) is 14.7 Å². The Morgan fingerprint density at radius 2 is 1.38 bits per heavy atom. The molecule has 3 rings (SSSR count). The SMILES string of the molecule is NCC(=O)O.O=C(O)C1(NCC(c2ccccc2)c2ccccc2)CC1. The van der Waals surface area contributed by atoms with Gasteiger partial charge in [0.1, 0.15) is 5.54 Å². The molecular weight excluding hydrogens is 332 g/mol. The average molecular weight is 356 g/mol. The van der Waals surface area contributed by atoms with Crippen molar-refractivity contribution in [3.63, 3.8) is 0 Å². The van der Waals surface area contributed by atoms with Gasteiger partial charge in [-0.1, -0.05) is 60.7 Å². The maximum atomic E-state index is 11.3. The molecule has 1 aliphatic rings. The average Bonchev–Trinajstić information content (AvgIpc) is 3.45. The van der Waals surface area contributed by atoms with E-state index in [1.54, 1.807) is 0 Å². The molecule has 1 saturated carbocycles. The molecule has 0 saturated heterocycles. The van der Waals surface area contributed by atoms with Crippen LogP contribution in [-0.2, 0) is 9.59 Å². The summed E-state index contributed by atoms with van der Waals surface area (Å²) >= 11 is 0. The Labute approximate surface area is 152 Å². The first-order chi connectivity index (χ1) is 12.5. The summed E-state index contributed by atoms with van der Waals surface area (Å²) in [7, 11) is 0. The van der Waals surface area contributed by atoms with Gasteiger partial charge in [-0.3, -0.25) is 9.59 Å². The van der Waals surface area contributed by atoms with Gasteiger partial charge in [-0.2, -0.15) is 0 Å². The van der Waals surface area contributed by atoms with E-state index in [1.807, 2.05) is 36.4 Å². The predicted octanol–water partition coefficient (Wildman–Crippen LogP) is 2.06. The molecule has 0 bridgehead atoms. The van der Waals surface area contributed by atoms with Gasteiger partial charge < -0.3 is 21.3 Å². The van der Waals surface area contributed by atoms with Crippen LogP contribution in [0.4, 0.5) is 0 Å². The van der Waals surface area contributed by atoms with Gasteiger partial charge in [-0.25, -0.2) is 0 Å². The molecule has 1 aliphatic carbocycles. The second-order valence-corrected chi connectivity index (χ2v) is 6.24. The van der Waals surface area contributed by atoms with Gasteiger partial charge in [0, 0.05) is 12.5 Å². The fourth-order valence-electron chi connectivity index (χ4n) is 2.69. The van der Waals surface area contributed by atoms with Crippen molar-refractivity contribution in [2.75, 3.05) is 13.1 Å². The van der Waals surface area contributed by atoms with Crippen LogP contribution < -0.4 is 11.1 Å². The second-order valence-electron chi connectivity index (χ2n) is 6.24. The molecule has 138 valence electrons. The highest BCUT2D eigenvalue weighted by atomic mass is 16.4. The smallest absolute Gasteiger partial charge is 0.323 e. The standard InChI is InChI=1S/C18H19NO2.C2H5NO2/c20-17(21)18(11-12-18)19-13-16(14-7-3-1-4-8-14)15-9-5-2-6-10-15;3-1-2(4)5/h1-10,16,19H,11-13H2,(H,20,21);1,3H2,(H,4,5). The quantitative estimate of drug-likeness (QED) is 0.604. The molecule has 26 heavy (non-hydrogen) atoms. The van der Waals surface area contributed by atoms with Crippen LogP contribution in [0.5, 0.6) is 0 Å². The van der Waals surface area contributed by atoms with E-state index in [0.29, 0.717) is 6.54 Å². The number of carboxylic acids is 2. The normalized spacial score (nSPS) is 14.2. The van der Waals surface area contributed by atoms with Gasteiger partial charge >= 0.3 is 11.9 Å². The zero-order valence-electron chi connectivity index (χ0n) is 14.5. The molecular formula is C20H24N2O4. The third-order valence-corrected chi connectivity index (χ3v) is 4.38. The van der Waals surface area contributed by atoms with Crippen molar-refractivity contribution in [1.29, 1.82) is 0 Å². The van der Waals surface area contributed by atoms with E-state index < -0.39 is 17.5 Å². The van der Waals surface area contributed by atoms with E-state index in [1.165, 1.54) is 11.1 Å². The molecule has 1 fully saturated rings. The molecule has 6 heteroatoms. The number of carbonyl (C=O) groups is 2. The minimum absolute atomic E-state index is 0.171. The van der Waals surface area contributed by atoms with E-state index in [4.69, 9.17) is 5.11 Å². The Hall–Kier alpha value is -2.70. The Morgan fingerprint density at radius 3 is 1.69 bits per heavy atom. The summed E-state index contributed by atoms with van der Waals surface area (Å²) in [6, 6.07) is 20.5. The van der Waals surface area contributed by atoms with Gasteiger partial charge in [0.25, 0.3) is 0 Å². The summed E-state index contributed by atoms with van der Waals surface area (Å²) in [5, 5.41) is 20.2. The summed E-state index contributed by atoms with van der Waals surface area (Å²) in [4.78, 5) is 20.5. The maximum absolute atomic E-state index is 11.3. The highest BCUT2D eigenvalue weighted by Gasteiger charge is 2.50. The van der Waals surface area contributed by atoms with Crippen LogP contribution in [-0.4, -0.2) is 40.8 Å². The van der Waals surface area contributed by atoms with E-state index in [-0.39, 0.29) is 12.5 Å². The van der Waals surface area contributed by atoms with Crippen LogP contribution in [0.15, 0.2) is 60.7 Å². The van der Waals surface area contributed by atoms with Crippen molar-refractivity contribution in [3.8, 4) is 0 Å². The third-order valence-electron chi connectivity index (χ3n) is 4.38. The van der Waals surface area contributed by atoms with Crippen LogP contribution in [0.3, 0.4) is 0 Å². The first-order valence-electron chi connectivity index (χ1n) is 8.48. The predicted molar refractivity (Wildman–Crippen MR) is 99.0 cm³/mol. The number of hydrogen-bond acceptors (Lipinski definition) is 4. The minimum Gasteiger partial charge on any atom is -0.480 e. The highest BCUT2D eigenvalue weighted by molar-refractivity contribution is 5.82. The van der Waals surface area contributed by atoms with Crippen LogP contribution in [0.25, 0.3) is 0 Å². The van der Waals surface area contributed by atoms with Crippen molar-refractivity contribution in [2.24, 2.45) is 5.73 Å². The zero-order valence-corrected chi connectivity index (χ0v) is 14.5. The number of hydrogen-bond donors (Lipinski definition) is 4. The monoisotopic (exact) mass is 356 g/mol. The first-order valence-corrected chi connectivity index (χ1v) is 8.48. The van der Waals surface area contributed by atoms with Crippen LogP contribution in [0.2, 0.25) is 0 Å². The molecule has 0 heterocycles. The molecule has 0 radical (unpaired) electrons. The summed E-state index contributed by atoms with van der Waals surface area (Å²) in [5.41, 5.74) is 6.29. The fourth-order valence-corrected chi connectivity index (χ4v) is 2.69. The highest BCUT2D eigenvalue weighted by Crippen LogP contribution is 2.36. The topological polar surface area (TPSA) is 113 Å². The fraction of sp³-hybridized carbons (Fsp3) is 0.300. The summed E-state index contributed by atoms with van der Waals surface area (Å²) in [6.07, 6.45) is 1.44. The van der Waals surface area contributed by atoms with Crippen molar-refractivity contribution in [1.82, 2.24) is 5.32 Å². The van der Waals surface area contributed by atoms with Gasteiger partial charge in [0.15, 0.2) is 0 Å². The molecule has 0 amide bonds. The molecule has 0 spiro atoms. The van der Waals surface area contributed by atoms with E-state index in [2.05, 4.69) is 35.3 Å². The van der Waals surface area contributed by atoms with E-state index >= 15 is 0 Å². The molecule has 0 atom stereocenters. The molecule has 0 unspecified atom stereocenters. The second kappa shape index (κ2) is 9.12. The number of benzene rings is 2. The van der Waals surface area contributed by atoms with E-state index in [0.717, 1.165) is 12.8 Å². The molecule has 0 aliphatic heterocycles. The van der Waals surface area contributed by atoms with Crippen molar-refractivity contribution < 1.29 is 19.8 Å². The Kier molecular flexibility index (Phi) is 6.89. The van der Waals surface area contributed by atoms with Gasteiger partial charge in [-0.05, 0) is 24.0 Å². The number of aliphatic carboxylic acids is 2. The van der Waals surface area contributed by atoms with Gasteiger partial charge in [0.05, 0.1) is 6.54 Å². The summed E-state index contributed by atoms with van der Waals surface area (Å²) < 4.78 is 0. The number of carboxylic acid groups (broad SMARTS) is 2. The molecule has 6 nitrogen and oxygen atoms in total. The van der Waals surface area contributed by atoms with Gasteiger partial charge in [0.2, 0.25) is 0 Å². The lowest BCUT2D eigenvalue weighted by Crippen LogP contribution is -2.41. The number of rotatable bonds is 7. The minimum atomic E-state index is -0.968. The number of nitrogens with two attached hydrogens (primary N) is 1. The van der Waals surface area contributed by atoms with Crippen LogP contribution in [0.1, 0.15) is 29.9 Å². The lowest BCUT2D eigenvalue weighted by molar-refractivity contribution is -0.140. The van der Waals surface area contributed by atoms with Crippen molar-refractivity contribution in [3.05, 3.63) is 71.8 Å². The van der Waals surface area contributed by atoms with Crippen molar-refractivity contribution >= 4 is 11.9 Å². The molecule has 2 aromatic carbocycles. The van der Waals surface area contributed by atoms with Crippen LogP contribution in [0, 0.1) is 0 Å². The Bertz CT molecular complexity index is 676.